The molecule has 0 aliphatic heterocycles. The second-order valence-corrected chi connectivity index (χ2v) is 2.52. The first-order valence-electron chi connectivity index (χ1n) is 3.05. The van der Waals surface area contributed by atoms with E-state index in [-0.39, 0.29) is 0 Å². The van der Waals surface area contributed by atoms with Crippen LogP contribution in [0, 0.1) is 0 Å². The van der Waals surface area contributed by atoms with Crippen molar-refractivity contribution in [2.45, 2.75) is 13.3 Å². The highest BCUT2D eigenvalue weighted by atomic mass is 32.1. The molecule has 0 fully saturated rings. The molecule has 1 heterocycles. The fourth-order valence-corrected chi connectivity index (χ4v) is 1.06. The van der Waals surface area contributed by atoms with Crippen LogP contribution in [0.1, 0.15) is 13.3 Å². The number of hydrogen-bond donors (Lipinski definition) is 1. The van der Waals surface area contributed by atoms with Crippen LogP contribution in [0.3, 0.4) is 0 Å². The summed E-state index contributed by atoms with van der Waals surface area (Å²) in [7, 11) is 0. The quantitative estimate of drug-likeness (QED) is 0.698. The van der Waals surface area contributed by atoms with E-state index in [2.05, 4.69) is 17.2 Å². The number of anilines is 1. The fourth-order valence-electron chi connectivity index (χ4n) is 0.553. The van der Waals surface area contributed by atoms with Crippen LogP contribution in [0.2, 0.25) is 0 Å². The molecule has 0 amide bonds. The lowest BCUT2D eigenvalue weighted by molar-refractivity contribution is 0.972. The summed E-state index contributed by atoms with van der Waals surface area (Å²) in [5, 5.41) is 5.18. The maximum absolute atomic E-state index is 4.06. The van der Waals surface area contributed by atoms with E-state index >= 15 is 0 Å². The van der Waals surface area contributed by atoms with Crippen LogP contribution in [0.4, 0.5) is 5.82 Å². The average Bonchev–Trinajstić information content (AvgIpc) is 2.34. The Kier molecular flexibility index (Phi) is 2.51. The van der Waals surface area contributed by atoms with Gasteiger partial charge in [-0.05, 0) is 6.42 Å². The number of aromatic nitrogens is 1. The third kappa shape index (κ3) is 2.01. The molecular weight excluding hydrogens is 132 g/mol. The Morgan fingerprint density at radius 2 is 2.67 bits per heavy atom. The number of thiazole rings is 1. The molecule has 1 aromatic heterocycles. The molecule has 0 atom stereocenters. The van der Waals surface area contributed by atoms with Crippen molar-refractivity contribution in [2.75, 3.05) is 11.9 Å². The van der Waals surface area contributed by atoms with Gasteiger partial charge in [0, 0.05) is 11.9 Å². The second-order valence-electron chi connectivity index (χ2n) is 1.80. The smallest absolute Gasteiger partial charge is 0.136 e. The summed E-state index contributed by atoms with van der Waals surface area (Å²) in [6, 6.07) is 0. The zero-order chi connectivity index (χ0) is 6.53. The predicted octanol–water partition coefficient (Wildman–Crippen LogP) is 1.96. The summed E-state index contributed by atoms with van der Waals surface area (Å²) in [6.45, 7) is 3.16. The monoisotopic (exact) mass is 142 g/mol. The van der Waals surface area contributed by atoms with Crippen molar-refractivity contribution in [3.05, 3.63) is 10.9 Å². The number of rotatable bonds is 3. The van der Waals surface area contributed by atoms with Gasteiger partial charge >= 0.3 is 0 Å². The largest absolute Gasteiger partial charge is 0.369 e. The summed E-state index contributed by atoms with van der Waals surface area (Å²) in [4.78, 5) is 4.06. The summed E-state index contributed by atoms with van der Waals surface area (Å²) in [5.74, 6) is 1.00. The molecule has 0 aliphatic carbocycles. The maximum atomic E-state index is 4.06. The molecule has 0 radical (unpaired) electrons. The number of nitrogens with zero attached hydrogens (tertiary/aromatic N) is 1. The number of hydrogen-bond acceptors (Lipinski definition) is 3. The molecule has 0 aromatic carbocycles. The zero-order valence-corrected chi connectivity index (χ0v) is 6.24. The first-order valence-corrected chi connectivity index (χ1v) is 4.00. The minimum Gasteiger partial charge on any atom is -0.369 e. The Morgan fingerprint density at radius 1 is 1.78 bits per heavy atom. The lowest BCUT2D eigenvalue weighted by Gasteiger charge is -1.96. The summed E-state index contributed by atoms with van der Waals surface area (Å²) in [5.41, 5.74) is 1.83. The average molecular weight is 142 g/mol. The first-order chi connectivity index (χ1) is 4.43. The van der Waals surface area contributed by atoms with Crippen molar-refractivity contribution < 1.29 is 0 Å². The molecule has 1 aromatic rings. The van der Waals surface area contributed by atoms with E-state index in [9.17, 15) is 0 Å². The zero-order valence-electron chi connectivity index (χ0n) is 5.42. The Morgan fingerprint density at radius 3 is 3.22 bits per heavy atom. The molecule has 0 bridgehead atoms. The van der Waals surface area contributed by atoms with Crippen molar-refractivity contribution in [3.63, 3.8) is 0 Å². The van der Waals surface area contributed by atoms with Crippen LogP contribution in [0.5, 0.6) is 0 Å². The van der Waals surface area contributed by atoms with Crippen LogP contribution in [-0.4, -0.2) is 11.5 Å². The Bertz CT molecular complexity index is 148. The molecule has 1 rings (SSSR count). The standard InChI is InChI=1S/C6H10N2S/c1-2-3-7-6-4-9-5-8-6/h4-5,7H,2-3H2,1H3. The minimum atomic E-state index is 1.00. The highest BCUT2D eigenvalue weighted by Gasteiger charge is 1.87. The van der Waals surface area contributed by atoms with E-state index in [0.717, 1.165) is 18.8 Å². The van der Waals surface area contributed by atoms with Gasteiger partial charge in [-0.1, -0.05) is 6.92 Å². The molecule has 3 heteroatoms. The van der Waals surface area contributed by atoms with E-state index in [1.165, 1.54) is 0 Å². The molecule has 0 saturated heterocycles. The van der Waals surface area contributed by atoms with Crippen molar-refractivity contribution in [3.8, 4) is 0 Å². The highest BCUT2D eigenvalue weighted by Crippen LogP contribution is 2.05. The molecule has 0 aliphatic rings. The highest BCUT2D eigenvalue weighted by molar-refractivity contribution is 7.07. The van der Waals surface area contributed by atoms with Gasteiger partial charge < -0.3 is 5.32 Å². The van der Waals surface area contributed by atoms with Crippen LogP contribution in [-0.2, 0) is 0 Å². The Balaban J connectivity index is 2.30. The van der Waals surface area contributed by atoms with E-state index in [0.29, 0.717) is 0 Å². The van der Waals surface area contributed by atoms with Crippen molar-refractivity contribution in [1.82, 2.24) is 4.98 Å². The van der Waals surface area contributed by atoms with Gasteiger partial charge in [0.2, 0.25) is 0 Å². The molecule has 1 N–H and O–H groups in total. The van der Waals surface area contributed by atoms with Crippen LogP contribution >= 0.6 is 11.3 Å². The van der Waals surface area contributed by atoms with Crippen molar-refractivity contribution in [2.24, 2.45) is 0 Å². The topological polar surface area (TPSA) is 24.9 Å². The van der Waals surface area contributed by atoms with Gasteiger partial charge in [0.05, 0.1) is 5.51 Å². The lowest BCUT2D eigenvalue weighted by Crippen LogP contribution is -1.98. The van der Waals surface area contributed by atoms with Gasteiger partial charge in [0.15, 0.2) is 0 Å². The molecule has 50 valence electrons. The SMILES string of the molecule is CCCNc1cscn1. The molecule has 9 heavy (non-hydrogen) atoms. The van der Waals surface area contributed by atoms with Gasteiger partial charge in [0.25, 0.3) is 0 Å². The van der Waals surface area contributed by atoms with Crippen molar-refractivity contribution >= 4 is 17.2 Å². The Labute approximate surface area is 58.9 Å². The maximum Gasteiger partial charge on any atom is 0.136 e. The van der Waals surface area contributed by atoms with E-state index in [1.54, 1.807) is 11.3 Å². The normalized spacial score (nSPS) is 9.44. The van der Waals surface area contributed by atoms with Gasteiger partial charge in [-0.15, -0.1) is 11.3 Å². The number of nitrogens with one attached hydrogen (secondary N) is 1. The van der Waals surface area contributed by atoms with E-state index < -0.39 is 0 Å². The van der Waals surface area contributed by atoms with Gasteiger partial charge in [-0.2, -0.15) is 0 Å². The lowest BCUT2D eigenvalue weighted by atomic mass is 10.5. The van der Waals surface area contributed by atoms with E-state index in [4.69, 9.17) is 0 Å². The van der Waals surface area contributed by atoms with E-state index in [1.807, 2.05) is 10.9 Å². The predicted molar refractivity (Wildman–Crippen MR) is 40.9 cm³/mol. The third-order valence-electron chi connectivity index (χ3n) is 0.988. The summed E-state index contributed by atoms with van der Waals surface area (Å²) in [6.07, 6.45) is 1.15. The second kappa shape index (κ2) is 3.45. The van der Waals surface area contributed by atoms with Crippen LogP contribution < -0.4 is 5.32 Å². The first kappa shape index (κ1) is 6.55. The van der Waals surface area contributed by atoms with Crippen molar-refractivity contribution in [1.29, 1.82) is 0 Å². The minimum absolute atomic E-state index is 1.00. The summed E-state index contributed by atoms with van der Waals surface area (Å²) >= 11 is 1.62. The molecular formula is C6H10N2S. The molecule has 0 spiro atoms. The van der Waals surface area contributed by atoms with Crippen LogP contribution in [0.25, 0.3) is 0 Å². The molecule has 0 unspecified atom stereocenters. The van der Waals surface area contributed by atoms with Crippen LogP contribution in [0.15, 0.2) is 10.9 Å². The fraction of sp³-hybridized carbons (Fsp3) is 0.500. The molecule has 0 saturated carbocycles. The van der Waals surface area contributed by atoms with Gasteiger partial charge in [-0.3, -0.25) is 0 Å². The third-order valence-corrected chi connectivity index (χ3v) is 1.57. The van der Waals surface area contributed by atoms with Gasteiger partial charge in [-0.25, -0.2) is 4.98 Å². The van der Waals surface area contributed by atoms with Gasteiger partial charge in [0.1, 0.15) is 5.82 Å². The Hall–Kier alpha value is -0.570. The summed E-state index contributed by atoms with van der Waals surface area (Å²) < 4.78 is 0. The molecule has 2 nitrogen and oxygen atoms in total.